The van der Waals surface area contributed by atoms with Gasteiger partial charge in [0.05, 0.1) is 0 Å². The van der Waals surface area contributed by atoms with Crippen LogP contribution in [0.2, 0.25) is 0 Å². The molecule has 0 atom stereocenters. The third-order valence-corrected chi connectivity index (χ3v) is 1.47. The second-order valence-electron chi connectivity index (χ2n) is 2.37. The molecule has 0 aromatic rings. The van der Waals surface area contributed by atoms with Gasteiger partial charge in [-0.25, -0.2) is 0 Å². The van der Waals surface area contributed by atoms with Crippen LogP contribution in [-0.4, -0.2) is 0 Å². The first-order valence-electron chi connectivity index (χ1n) is 3.85. The van der Waals surface area contributed by atoms with E-state index in [1.54, 1.807) is 0 Å². The smallest absolute Gasteiger partial charge is 0.00978 e. The zero-order valence-corrected chi connectivity index (χ0v) is 6.22. The minimum absolute atomic E-state index is 0.980. The Bertz CT molecular complexity index is 131. The number of allylic oxidation sites excluding steroid dienone is 6. The van der Waals surface area contributed by atoms with Gasteiger partial charge >= 0.3 is 0 Å². The lowest BCUT2D eigenvalue weighted by molar-refractivity contribution is 1.03. The van der Waals surface area contributed by atoms with Gasteiger partial charge < -0.3 is 0 Å². The summed E-state index contributed by atoms with van der Waals surface area (Å²) in [5.41, 5.74) is 0. The molecule has 53 valence electrons. The maximum absolute atomic E-state index is 3.19. The van der Waals surface area contributed by atoms with Gasteiger partial charge in [-0.3, -0.25) is 0 Å². The van der Waals surface area contributed by atoms with E-state index >= 15 is 0 Å². The van der Waals surface area contributed by atoms with Crippen LogP contribution in [0.15, 0.2) is 30.4 Å². The van der Waals surface area contributed by atoms with Crippen LogP contribution in [-0.2, 0) is 0 Å². The van der Waals surface area contributed by atoms with Crippen LogP contribution in [0.1, 0.15) is 25.7 Å². The lowest BCUT2D eigenvalue weighted by Gasteiger charge is -1.89. The van der Waals surface area contributed by atoms with Crippen molar-refractivity contribution in [3.8, 4) is 0 Å². The molecular weight excluding hydrogens is 120 g/mol. The first-order valence-corrected chi connectivity index (χ1v) is 3.85. The molecule has 0 aliphatic heterocycles. The Kier molecular flexibility index (Phi) is 3.69. The van der Waals surface area contributed by atoms with Crippen LogP contribution < -0.4 is 0 Å². The molecule has 0 saturated heterocycles. The topological polar surface area (TPSA) is 0 Å². The first-order chi connectivity index (χ1) is 5.00. The van der Waals surface area contributed by atoms with Crippen molar-refractivity contribution >= 4 is 0 Å². The lowest BCUT2D eigenvalue weighted by atomic mass is 10.2. The van der Waals surface area contributed by atoms with Gasteiger partial charge in [-0.05, 0) is 31.8 Å². The molecule has 0 aromatic carbocycles. The van der Waals surface area contributed by atoms with Crippen molar-refractivity contribution in [1.29, 1.82) is 0 Å². The zero-order valence-electron chi connectivity index (χ0n) is 6.22. The summed E-state index contributed by atoms with van der Waals surface area (Å²) in [6.07, 6.45) is 18.5. The zero-order chi connectivity index (χ0) is 7.07. The van der Waals surface area contributed by atoms with Crippen LogP contribution in [0.3, 0.4) is 0 Å². The summed E-state index contributed by atoms with van der Waals surface area (Å²) in [7, 11) is 0. The van der Waals surface area contributed by atoms with Gasteiger partial charge in [0.1, 0.15) is 0 Å². The lowest BCUT2D eigenvalue weighted by Crippen LogP contribution is -1.69. The van der Waals surface area contributed by atoms with E-state index in [-0.39, 0.29) is 0 Å². The highest BCUT2D eigenvalue weighted by Crippen LogP contribution is 1.99. The summed E-state index contributed by atoms with van der Waals surface area (Å²) in [6.45, 7) is 0. The van der Waals surface area contributed by atoms with Gasteiger partial charge in [-0.1, -0.05) is 30.4 Å². The van der Waals surface area contributed by atoms with Crippen molar-refractivity contribution in [1.82, 2.24) is 0 Å². The molecule has 1 radical (unpaired) electrons. The fraction of sp³-hybridized carbons (Fsp3) is 0.400. The third-order valence-electron chi connectivity index (χ3n) is 1.47. The molecule has 0 amide bonds. The predicted molar refractivity (Wildman–Crippen MR) is 44.6 cm³/mol. The monoisotopic (exact) mass is 133 g/mol. The molecule has 0 spiro atoms. The highest BCUT2D eigenvalue weighted by molar-refractivity contribution is 4.96. The fourth-order valence-corrected chi connectivity index (χ4v) is 0.910. The molecule has 1 rings (SSSR count). The maximum atomic E-state index is 3.19. The Morgan fingerprint density at radius 3 is 2.60 bits per heavy atom. The second kappa shape index (κ2) is 5.04. The van der Waals surface area contributed by atoms with Crippen molar-refractivity contribution in [3.05, 3.63) is 36.5 Å². The molecule has 0 nitrogen and oxygen atoms in total. The van der Waals surface area contributed by atoms with Crippen molar-refractivity contribution in [2.45, 2.75) is 25.7 Å². The molecule has 0 saturated carbocycles. The van der Waals surface area contributed by atoms with Gasteiger partial charge in [0.15, 0.2) is 0 Å². The Morgan fingerprint density at radius 2 is 1.70 bits per heavy atom. The van der Waals surface area contributed by atoms with Gasteiger partial charge in [0, 0.05) is 0 Å². The minimum atomic E-state index is 0.980. The molecular formula is C10H13. The van der Waals surface area contributed by atoms with Crippen LogP contribution in [0.5, 0.6) is 0 Å². The van der Waals surface area contributed by atoms with E-state index in [9.17, 15) is 0 Å². The van der Waals surface area contributed by atoms with Crippen molar-refractivity contribution in [2.24, 2.45) is 0 Å². The van der Waals surface area contributed by atoms with E-state index in [0.29, 0.717) is 0 Å². The van der Waals surface area contributed by atoms with Gasteiger partial charge in [0.25, 0.3) is 0 Å². The molecule has 1 aliphatic carbocycles. The Labute approximate surface area is 62.9 Å². The molecule has 0 bridgehead atoms. The molecule has 10 heavy (non-hydrogen) atoms. The summed E-state index contributed by atoms with van der Waals surface area (Å²) < 4.78 is 0. The molecule has 0 unspecified atom stereocenters. The van der Waals surface area contributed by atoms with E-state index in [0.717, 1.165) is 12.8 Å². The van der Waals surface area contributed by atoms with E-state index in [4.69, 9.17) is 0 Å². The molecule has 0 fully saturated rings. The van der Waals surface area contributed by atoms with Crippen LogP contribution in [0.4, 0.5) is 0 Å². The van der Waals surface area contributed by atoms with Crippen LogP contribution >= 0.6 is 0 Å². The predicted octanol–water partition coefficient (Wildman–Crippen LogP) is 3.03. The van der Waals surface area contributed by atoms with Crippen LogP contribution in [0.25, 0.3) is 0 Å². The van der Waals surface area contributed by atoms with E-state index in [2.05, 4.69) is 36.5 Å². The summed E-state index contributed by atoms with van der Waals surface area (Å²) >= 11 is 0. The van der Waals surface area contributed by atoms with E-state index in [1.807, 2.05) is 0 Å². The Morgan fingerprint density at radius 1 is 0.900 bits per heavy atom. The summed E-state index contributed by atoms with van der Waals surface area (Å²) in [6, 6.07) is 0. The third kappa shape index (κ3) is 3.29. The first kappa shape index (κ1) is 7.33. The van der Waals surface area contributed by atoms with Crippen molar-refractivity contribution in [2.75, 3.05) is 0 Å². The summed E-state index contributed by atoms with van der Waals surface area (Å²) in [5.74, 6) is 0. The number of hydrogen-bond acceptors (Lipinski definition) is 0. The minimum Gasteiger partial charge on any atom is -0.0879 e. The molecule has 0 aromatic heterocycles. The van der Waals surface area contributed by atoms with E-state index < -0.39 is 0 Å². The molecule has 0 heterocycles. The Hall–Kier alpha value is -0.780. The molecule has 0 N–H and O–H groups in total. The molecule has 1 aliphatic rings. The average Bonchev–Trinajstić information content (AvgIpc) is 2.01. The largest absolute Gasteiger partial charge is 0.0879 e. The van der Waals surface area contributed by atoms with Crippen LogP contribution in [0, 0.1) is 6.08 Å². The summed E-state index contributed by atoms with van der Waals surface area (Å²) in [4.78, 5) is 0. The normalized spacial score (nSPS) is 28.8. The summed E-state index contributed by atoms with van der Waals surface area (Å²) in [5, 5.41) is 0. The average molecular weight is 133 g/mol. The Balaban J connectivity index is 2.38. The van der Waals surface area contributed by atoms with Gasteiger partial charge in [-0.2, -0.15) is 0 Å². The van der Waals surface area contributed by atoms with E-state index in [1.165, 1.54) is 12.8 Å². The standard InChI is InChI=1S/C10H13/c1-2-4-6-8-10-9-7-5-3-1/h1-2,5,8,10H,3-4,6,9H2/b2-1+,7-5?,10-8+. The molecule has 0 heteroatoms. The number of hydrogen-bond donors (Lipinski definition) is 0. The fourth-order valence-electron chi connectivity index (χ4n) is 0.910. The quantitative estimate of drug-likeness (QED) is 0.445. The van der Waals surface area contributed by atoms with Crippen molar-refractivity contribution < 1.29 is 0 Å². The number of rotatable bonds is 0. The van der Waals surface area contributed by atoms with Gasteiger partial charge in [-0.15, -0.1) is 0 Å². The van der Waals surface area contributed by atoms with Gasteiger partial charge in [0.2, 0.25) is 0 Å². The highest BCUT2D eigenvalue weighted by Gasteiger charge is 1.79. The maximum Gasteiger partial charge on any atom is -0.00978 e. The second-order valence-corrected chi connectivity index (χ2v) is 2.37. The van der Waals surface area contributed by atoms with Crippen molar-refractivity contribution in [3.63, 3.8) is 0 Å². The highest BCUT2D eigenvalue weighted by atomic mass is 13.9. The SMILES string of the molecule is [C]1=C\C/C=C/CC/C=C/C/1.